The Hall–Kier alpha value is -0.580. The molecule has 0 unspecified atom stereocenters. The summed E-state index contributed by atoms with van der Waals surface area (Å²) in [6.07, 6.45) is 0. The lowest BCUT2D eigenvalue weighted by molar-refractivity contribution is -0.124. The number of urea groups is 1. The maximum atomic E-state index is 11.5. The molecule has 5 heteroatoms. The summed E-state index contributed by atoms with van der Waals surface area (Å²) in [5, 5.41) is 0. The fourth-order valence-electron chi connectivity index (χ4n) is 1.29. The van der Waals surface area contributed by atoms with Gasteiger partial charge in [0.2, 0.25) is 0 Å². The second-order valence-electron chi connectivity index (χ2n) is 3.50. The van der Waals surface area contributed by atoms with Crippen molar-refractivity contribution in [2.75, 3.05) is 18.5 Å². The van der Waals surface area contributed by atoms with Crippen LogP contribution in [0.5, 0.6) is 0 Å². The normalized spacial score (nSPS) is 17.8. The standard InChI is InChI=1S/C8H13BrN2O2/c1-6(2)3-10-4-7(12)11(5-9)8(10)13/h6H,3-5H2,1-2H3. The van der Waals surface area contributed by atoms with E-state index in [0.29, 0.717) is 17.9 Å². The minimum Gasteiger partial charge on any atom is -0.315 e. The molecule has 1 aliphatic heterocycles. The third kappa shape index (κ3) is 2.21. The van der Waals surface area contributed by atoms with Crippen LogP contribution in [-0.4, -0.2) is 40.3 Å². The quantitative estimate of drug-likeness (QED) is 0.429. The highest BCUT2D eigenvalue weighted by Crippen LogP contribution is 2.13. The SMILES string of the molecule is CC(C)CN1CC(=O)N(CBr)C1=O. The van der Waals surface area contributed by atoms with E-state index in [0.717, 1.165) is 0 Å². The monoisotopic (exact) mass is 248 g/mol. The average molecular weight is 249 g/mol. The van der Waals surface area contributed by atoms with Gasteiger partial charge in [-0.2, -0.15) is 0 Å². The molecule has 0 aromatic carbocycles. The van der Waals surface area contributed by atoms with Gasteiger partial charge in [0.05, 0.1) is 5.45 Å². The molecular weight excluding hydrogens is 236 g/mol. The Morgan fingerprint density at radius 3 is 2.46 bits per heavy atom. The van der Waals surface area contributed by atoms with Crippen molar-refractivity contribution in [3.63, 3.8) is 0 Å². The minimum atomic E-state index is -0.185. The van der Waals surface area contributed by atoms with Crippen molar-refractivity contribution in [1.82, 2.24) is 9.80 Å². The van der Waals surface area contributed by atoms with Gasteiger partial charge in [-0.05, 0) is 5.92 Å². The van der Waals surface area contributed by atoms with E-state index in [1.165, 1.54) is 4.90 Å². The number of carbonyl (C=O) groups excluding carboxylic acids is 2. The molecule has 0 radical (unpaired) electrons. The summed E-state index contributed by atoms with van der Waals surface area (Å²) in [6.45, 7) is 4.92. The summed E-state index contributed by atoms with van der Waals surface area (Å²) >= 11 is 3.11. The first-order chi connectivity index (χ1) is 6.06. The molecule has 0 aliphatic carbocycles. The van der Waals surface area contributed by atoms with E-state index in [9.17, 15) is 9.59 Å². The first-order valence-electron chi connectivity index (χ1n) is 4.21. The summed E-state index contributed by atoms with van der Waals surface area (Å²) in [6, 6.07) is -0.185. The van der Waals surface area contributed by atoms with Gasteiger partial charge < -0.3 is 4.90 Å². The van der Waals surface area contributed by atoms with Crippen LogP contribution in [-0.2, 0) is 4.79 Å². The molecule has 0 aromatic heterocycles. The van der Waals surface area contributed by atoms with Crippen LogP contribution in [0.1, 0.15) is 13.8 Å². The van der Waals surface area contributed by atoms with Crippen molar-refractivity contribution in [3.05, 3.63) is 0 Å². The van der Waals surface area contributed by atoms with Gasteiger partial charge in [-0.1, -0.05) is 29.8 Å². The van der Waals surface area contributed by atoms with Crippen molar-refractivity contribution in [2.24, 2.45) is 5.92 Å². The fourth-order valence-corrected chi connectivity index (χ4v) is 1.79. The summed E-state index contributed by atoms with van der Waals surface area (Å²) < 4.78 is 0. The van der Waals surface area contributed by atoms with Gasteiger partial charge in [-0.25, -0.2) is 4.79 Å². The molecule has 1 aliphatic rings. The van der Waals surface area contributed by atoms with Crippen LogP contribution in [0.25, 0.3) is 0 Å². The summed E-state index contributed by atoms with van der Waals surface area (Å²) in [7, 11) is 0. The molecule has 3 amide bonds. The van der Waals surface area contributed by atoms with Crippen LogP contribution >= 0.6 is 15.9 Å². The number of rotatable bonds is 3. The maximum Gasteiger partial charge on any atom is 0.328 e. The Kier molecular flexibility index (Phi) is 3.30. The fraction of sp³-hybridized carbons (Fsp3) is 0.750. The van der Waals surface area contributed by atoms with Gasteiger partial charge in [-0.3, -0.25) is 9.69 Å². The number of hydrogen-bond donors (Lipinski definition) is 0. The molecule has 4 nitrogen and oxygen atoms in total. The molecule has 0 spiro atoms. The van der Waals surface area contributed by atoms with Gasteiger partial charge in [0.15, 0.2) is 0 Å². The van der Waals surface area contributed by atoms with Crippen LogP contribution < -0.4 is 0 Å². The summed E-state index contributed by atoms with van der Waals surface area (Å²) in [5.74, 6) is 0.273. The molecule has 74 valence electrons. The van der Waals surface area contributed by atoms with Crippen molar-refractivity contribution in [2.45, 2.75) is 13.8 Å². The van der Waals surface area contributed by atoms with E-state index in [2.05, 4.69) is 15.9 Å². The second-order valence-corrected chi connectivity index (χ2v) is 4.00. The molecule has 0 saturated carbocycles. The highest BCUT2D eigenvalue weighted by atomic mass is 79.9. The molecule has 0 atom stereocenters. The zero-order chi connectivity index (χ0) is 10.0. The maximum absolute atomic E-state index is 11.5. The average Bonchev–Trinajstić information content (AvgIpc) is 2.26. The number of nitrogens with zero attached hydrogens (tertiary/aromatic N) is 2. The van der Waals surface area contributed by atoms with Crippen LogP contribution in [0, 0.1) is 5.92 Å². The van der Waals surface area contributed by atoms with Crippen LogP contribution in [0.2, 0.25) is 0 Å². The van der Waals surface area contributed by atoms with Crippen molar-refractivity contribution in [3.8, 4) is 0 Å². The van der Waals surface area contributed by atoms with Gasteiger partial charge in [0.1, 0.15) is 6.54 Å². The van der Waals surface area contributed by atoms with Gasteiger partial charge in [0, 0.05) is 6.54 Å². The number of hydrogen-bond acceptors (Lipinski definition) is 2. The molecular formula is C8H13BrN2O2. The Morgan fingerprint density at radius 2 is 2.08 bits per heavy atom. The lowest BCUT2D eigenvalue weighted by Crippen LogP contribution is -2.33. The lowest BCUT2D eigenvalue weighted by atomic mass is 10.2. The first kappa shape index (κ1) is 10.5. The smallest absolute Gasteiger partial charge is 0.315 e. The second kappa shape index (κ2) is 4.09. The van der Waals surface area contributed by atoms with Crippen molar-refractivity contribution in [1.29, 1.82) is 0 Å². The van der Waals surface area contributed by atoms with Crippen molar-refractivity contribution < 1.29 is 9.59 Å². The Morgan fingerprint density at radius 1 is 1.46 bits per heavy atom. The molecule has 0 bridgehead atoms. The van der Waals surface area contributed by atoms with E-state index in [4.69, 9.17) is 0 Å². The Balaban J connectivity index is 2.62. The minimum absolute atomic E-state index is 0.123. The molecule has 13 heavy (non-hydrogen) atoms. The summed E-state index contributed by atoms with van der Waals surface area (Å²) in [4.78, 5) is 25.5. The van der Waals surface area contributed by atoms with Crippen LogP contribution in [0.3, 0.4) is 0 Å². The molecule has 1 saturated heterocycles. The van der Waals surface area contributed by atoms with Crippen LogP contribution in [0.15, 0.2) is 0 Å². The van der Waals surface area contributed by atoms with E-state index in [1.54, 1.807) is 4.90 Å². The number of halogens is 1. The van der Waals surface area contributed by atoms with Crippen LogP contribution in [0.4, 0.5) is 4.79 Å². The largest absolute Gasteiger partial charge is 0.328 e. The predicted octanol–water partition coefficient (Wildman–Crippen LogP) is 1.26. The summed E-state index contributed by atoms with van der Waals surface area (Å²) in [5.41, 5.74) is 0.291. The molecule has 1 heterocycles. The third-order valence-corrected chi connectivity index (χ3v) is 2.34. The topological polar surface area (TPSA) is 40.6 Å². The zero-order valence-corrected chi connectivity index (χ0v) is 9.37. The lowest BCUT2D eigenvalue weighted by Gasteiger charge is -2.17. The zero-order valence-electron chi connectivity index (χ0n) is 7.79. The van der Waals surface area contributed by atoms with E-state index in [-0.39, 0.29) is 18.5 Å². The van der Waals surface area contributed by atoms with Gasteiger partial charge in [0.25, 0.3) is 5.91 Å². The van der Waals surface area contributed by atoms with Gasteiger partial charge >= 0.3 is 6.03 Å². The molecule has 1 rings (SSSR count). The highest BCUT2D eigenvalue weighted by Gasteiger charge is 2.34. The highest BCUT2D eigenvalue weighted by molar-refractivity contribution is 9.09. The van der Waals surface area contributed by atoms with Crippen molar-refractivity contribution >= 4 is 27.9 Å². The number of imide groups is 1. The Bertz CT molecular complexity index is 230. The molecule has 1 fully saturated rings. The number of amides is 3. The molecule has 0 aromatic rings. The van der Waals surface area contributed by atoms with E-state index >= 15 is 0 Å². The van der Waals surface area contributed by atoms with E-state index < -0.39 is 0 Å². The third-order valence-electron chi connectivity index (χ3n) is 1.83. The van der Waals surface area contributed by atoms with Gasteiger partial charge in [-0.15, -0.1) is 0 Å². The first-order valence-corrected chi connectivity index (χ1v) is 5.33. The Labute approximate surface area is 86.0 Å². The predicted molar refractivity (Wildman–Crippen MR) is 52.4 cm³/mol. The molecule has 0 N–H and O–H groups in total. The van der Waals surface area contributed by atoms with E-state index in [1.807, 2.05) is 13.8 Å². The number of carbonyl (C=O) groups is 2. The number of alkyl halides is 1.